The number of carbonyl (C=O) groups excluding carboxylic acids is 1. The minimum atomic E-state index is 0.0703. The fourth-order valence-corrected chi connectivity index (χ4v) is 4.70. The molecule has 1 aromatic carbocycles. The number of benzene rings is 1. The van der Waals surface area contributed by atoms with Gasteiger partial charge in [-0.05, 0) is 44.4 Å². The average molecular weight is 412 g/mol. The van der Waals surface area contributed by atoms with Crippen LogP contribution in [0.3, 0.4) is 0 Å². The van der Waals surface area contributed by atoms with Gasteiger partial charge in [-0.1, -0.05) is 12.1 Å². The van der Waals surface area contributed by atoms with E-state index in [1.807, 2.05) is 43.0 Å². The third-order valence-electron chi connectivity index (χ3n) is 5.24. The molecule has 29 heavy (non-hydrogen) atoms. The van der Waals surface area contributed by atoms with E-state index in [9.17, 15) is 4.79 Å². The van der Waals surface area contributed by atoms with E-state index >= 15 is 0 Å². The molecule has 0 radical (unpaired) electrons. The molecule has 4 rings (SSSR count). The summed E-state index contributed by atoms with van der Waals surface area (Å²) >= 11 is 1.47. The van der Waals surface area contributed by atoms with Crippen molar-refractivity contribution in [2.75, 3.05) is 20.2 Å². The molecule has 152 valence electrons. The van der Waals surface area contributed by atoms with Crippen LogP contribution in [0, 0.1) is 13.8 Å². The summed E-state index contributed by atoms with van der Waals surface area (Å²) in [6, 6.07) is 7.95. The Morgan fingerprint density at radius 1 is 1.38 bits per heavy atom. The molecule has 1 aliphatic rings. The number of aryl methyl sites for hydroxylation is 2. The molecule has 1 saturated heterocycles. The molecule has 0 unspecified atom stereocenters. The molecular formula is C22H25N3O3S. The predicted octanol–water partition coefficient (Wildman–Crippen LogP) is 4.37. The fraction of sp³-hybridized carbons (Fsp3) is 0.409. The van der Waals surface area contributed by atoms with Crippen LogP contribution >= 0.6 is 11.3 Å². The maximum atomic E-state index is 13.0. The number of hydrogen-bond acceptors (Lipinski definition) is 6. The first kappa shape index (κ1) is 19.6. The van der Waals surface area contributed by atoms with Gasteiger partial charge in [0.25, 0.3) is 5.91 Å². The molecule has 2 aromatic heterocycles. The Bertz CT molecular complexity index is 1010. The smallest absolute Gasteiger partial charge is 0.265 e. The lowest BCUT2D eigenvalue weighted by atomic mass is 9.98. The highest BCUT2D eigenvalue weighted by atomic mass is 32.1. The van der Waals surface area contributed by atoms with Gasteiger partial charge in [0.2, 0.25) is 0 Å². The lowest BCUT2D eigenvalue weighted by Crippen LogP contribution is -2.39. The van der Waals surface area contributed by atoms with Gasteiger partial charge >= 0.3 is 0 Å². The molecule has 7 heteroatoms. The van der Waals surface area contributed by atoms with Crippen molar-refractivity contribution in [3.05, 3.63) is 63.3 Å². The molecular weight excluding hydrogens is 386 g/mol. The summed E-state index contributed by atoms with van der Waals surface area (Å²) in [5, 5.41) is 0.925. The number of amides is 1. The number of hydrogen-bond donors (Lipinski definition) is 0. The van der Waals surface area contributed by atoms with Crippen LogP contribution in [0.4, 0.5) is 0 Å². The summed E-state index contributed by atoms with van der Waals surface area (Å²) in [5.41, 5.74) is 1.93. The monoisotopic (exact) mass is 411 g/mol. The fourth-order valence-electron chi connectivity index (χ4n) is 3.81. The normalized spacial score (nSPS) is 16.8. The summed E-state index contributed by atoms with van der Waals surface area (Å²) in [4.78, 5) is 24.5. The number of carbonyl (C=O) groups is 1. The van der Waals surface area contributed by atoms with Crippen molar-refractivity contribution in [2.24, 2.45) is 0 Å². The van der Waals surface area contributed by atoms with Crippen molar-refractivity contribution in [3.8, 4) is 5.75 Å². The number of piperidine rings is 1. The van der Waals surface area contributed by atoms with Crippen LogP contribution in [0.2, 0.25) is 0 Å². The van der Waals surface area contributed by atoms with Crippen LogP contribution in [0.5, 0.6) is 5.75 Å². The molecule has 0 N–H and O–H groups in total. The second kappa shape index (κ2) is 8.37. The van der Waals surface area contributed by atoms with E-state index in [1.54, 1.807) is 13.3 Å². The van der Waals surface area contributed by atoms with Crippen LogP contribution in [-0.2, 0) is 6.42 Å². The Morgan fingerprint density at radius 3 is 3.00 bits per heavy atom. The SMILES string of the molecule is COc1cccc(Cc2cnc([C@@H]3CCCN(C(=O)c4sc(C)nc4C)C3)o2)c1. The van der Waals surface area contributed by atoms with Crippen molar-refractivity contribution in [1.29, 1.82) is 0 Å². The van der Waals surface area contributed by atoms with Gasteiger partial charge in [-0.3, -0.25) is 4.79 Å². The van der Waals surface area contributed by atoms with E-state index in [1.165, 1.54) is 11.3 Å². The average Bonchev–Trinajstić information content (AvgIpc) is 3.33. The van der Waals surface area contributed by atoms with E-state index in [4.69, 9.17) is 9.15 Å². The van der Waals surface area contributed by atoms with Crippen molar-refractivity contribution >= 4 is 17.2 Å². The van der Waals surface area contributed by atoms with E-state index in [-0.39, 0.29) is 11.8 Å². The number of thiazole rings is 1. The number of likely N-dealkylation sites (tertiary alicyclic amines) is 1. The molecule has 1 fully saturated rings. The summed E-state index contributed by atoms with van der Waals surface area (Å²) < 4.78 is 11.3. The zero-order valence-corrected chi connectivity index (χ0v) is 17.8. The first-order valence-corrected chi connectivity index (χ1v) is 10.7. The lowest BCUT2D eigenvalue weighted by Gasteiger charge is -2.31. The van der Waals surface area contributed by atoms with E-state index in [0.29, 0.717) is 13.0 Å². The van der Waals surface area contributed by atoms with Crippen LogP contribution in [0.1, 0.15) is 56.3 Å². The standard InChI is InChI=1S/C22H25N3O3S/c1-14-20(29-15(2)24-14)22(26)25-9-5-7-17(13-25)21-23-12-19(28-21)11-16-6-4-8-18(10-16)27-3/h4,6,8,10,12,17H,5,7,9,11,13H2,1-3H3/t17-/m1/s1. The third-order valence-corrected chi connectivity index (χ3v) is 6.30. The van der Waals surface area contributed by atoms with Crippen molar-refractivity contribution in [2.45, 2.75) is 39.0 Å². The molecule has 0 saturated carbocycles. The summed E-state index contributed by atoms with van der Waals surface area (Å²) in [5.74, 6) is 2.57. The van der Waals surface area contributed by atoms with Crippen LogP contribution in [-0.4, -0.2) is 41.0 Å². The highest BCUT2D eigenvalue weighted by Crippen LogP contribution is 2.29. The topological polar surface area (TPSA) is 68.5 Å². The number of nitrogens with zero attached hydrogens (tertiary/aromatic N) is 3. The number of rotatable bonds is 5. The molecule has 3 aromatic rings. The maximum Gasteiger partial charge on any atom is 0.265 e. The minimum absolute atomic E-state index is 0.0703. The summed E-state index contributed by atoms with van der Waals surface area (Å²) in [6.45, 7) is 5.23. The van der Waals surface area contributed by atoms with Gasteiger partial charge in [0.15, 0.2) is 5.89 Å². The van der Waals surface area contributed by atoms with Crippen molar-refractivity contribution < 1.29 is 13.9 Å². The third kappa shape index (κ3) is 4.34. The molecule has 0 spiro atoms. The molecule has 1 atom stereocenters. The van der Waals surface area contributed by atoms with Crippen LogP contribution in [0.25, 0.3) is 0 Å². The molecule has 0 aliphatic carbocycles. The van der Waals surface area contributed by atoms with E-state index in [0.717, 1.165) is 57.9 Å². The van der Waals surface area contributed by atoms with Crippen LogP contribution < -0.4 is 4.74 Å². The first-order chi connectivity index (χ1) is 14.0. The highest BCUT2D eigenvalue weighted by molar-refractivity contribution is 7.13. The van der Waals surface area contributed by atoms with Gasteiger partial charge in [0.1, 0.15) is 16.4 Å². The minimum Gasteiger partial charge on any atom is -0.497 e. The second-order valence-electron chi connectivity index (χ2n) is 7.43. The zero-order chi connectivity index (χ0) is 20.4. The molecule has 1 aliphatic heterocycles. The van der Waals surface area contributed by atoms with Gasteiger partial charge in [-0.2, -0.15) is 0 Å². The van der Waals surface area contributed by atoms with Gasteiger partial charge in [0.05, 0.1) is 29.9 Å². The Labute approximate surface area is 174 Å². The van der Waals surface area contributed by atoms with E-state index in [2.05, 4.69) is 9.97 Å². The number of aromatic nitrogens is 2. The molecule has 3 heterocycles. The van der Waals surface area contributed by atoms with E-state index < -0.39 is 0 Å². The molecule has 1 amide bonds. The first-order valence-electron chi connectivity index (χ1n) is 9.84. The van der Waals surface area contributed by atoms with Crippen molar-refractivity contribution in [1.82, 2.24) is 14.9 Å². The van der Waals surface area contributed by atoms with Gasteiger partial charge in [-0.15, -0.1) is 11.3 Å². The zero-order valence-electron chi connectivity index (χ0n) is 17.0. The summed E-state index contributed by atoms with van der Waals surface area (Å²) in [6.07, 6.45) is 4.38. The Balaban J connectivity index is 1.45. The van der Waals surface area contributed by atoms with Crippen LogP contribution in [0.15, 0.2) is 34.9 Å². The van der Waals surface area contributed by atoms with Gasteiger partial charge in [0, 0.05) is 19.5 Å². The summed E-state index contributed by atoms with van der Waals surface area (Å²) in [7, 11) is 1.66. The molecule has 6 nitrogen and oxygen atoms in total. The second-order valence-corrected chi connectivity index (χ2v) is 8.63. The Kier molecular flexibility index (Phi) is 5.67. The quantitative estimate of drug-likeness (QED) is 0.624. The number of ether oxygens (including phenoxy) is 1. The predicted molar refractivity (Wildman–Crippen MR) is 112 cm³/mol. The lowest BCUT2D eigenvalue weighted by molar-refractivity contribution is 0.0702. The maximum absolute atomic E-state index is 13.0. The largest absolute Gasteiger partial charge is 0.497 e. The van der Waals surface area contributed by atoms with Gasteiger partial charge < -0.3 is 14.1 Å². The number of methoxy groups -OCH3 is 1. The van der Waals surface area contributed by atoms with Gasteiger partial charge in [-0.25, -0.2) is 9.97 Å². The number of oxazole rings is 1. The Hall–Kier alpha value is -2.67. The molecule has 0 bridgehead atoms. The highest BCUT2D eigenvalue weighted by Gasteiger charge is 2.30. The van der Waals surface area contributed by atoms with Crippen molar-refractivity contribution in [3.63, 3.8) is 0 Å². The Morgan fingerprint density at radius 2 is 2.24 bits per heavy atom.